The van der Waals surface area contributed by atoms with Gasteiger partial charge in [0.15, 0.2) is 0 Å². The molecule has 1 aliphatic heterocycles. The first-order chi connectivity index (χ1) is 15.2. The van der Waals surface area contributed by atoms with Gasteiger partial charge < -0.3 is 14.0 Å². The van der Waals surface area contributed by atoms with Crippen LogP contribution in [0.25, 0.3) is 22.2 Å². The number of morpholine rings is 1. The zero-order valence-electron chi connectivity index (χ0n) is 17.9. The second-order valence-electron chi connectivity index (χ2n) is 7.94. The van der Waals surface area contributed by atoms with Gasteiger partial charge in [-0.05, 0) is 23.8 Å². The minimum absolute atomic E-state index is 0.0956. The molecule has 1 aliphatic rings. The molecular weight excluding hydrogens is 388 g/mol. The third-order valence-electron chi connectivity index (χ3n) is 5.87. The summed E-state index contributed by atoms with van der Waals surface area (Å²) in [5, 5.41) is 1.31. The van der Waals surface area contributed by atoms with Gasteiger partial charge in [0.25, 0.3) is 0 Å². The fourth-order valence-electron chi connectivity index (χ4n) is 4.28. The molecule has 0 N–H and O–H groups in total. The summed E-state index contributed by atoms with van der Waals surface area (Å²) < 4.78 is 13.6. The molecule has 1 atom stereocenters. The Balaban J connectivity index is 1.35. The maximum absolute atomic E-state index is 6.09. The quantitative estimate of drug-likeness (QED) is 0.490. The molecule has 6 heteroatoms. The highest BCUT2D eigenvalue weighted by molar-refractivity contribution is 5.83. The van der Waals surface area contributed by atoms with Gasteiger partial charge >= 0.3 is 0 Å². The van der Waals surface area contributed by atoms with Crippen molar-refractivity contribution >= 4 is 10.9 Å². The lowest BCUT2D eigenvalue weighted by molar-refractivity contribution is -0.0350. The molecule has 0 spiro atoms. The molecule has 5 rings (SSSR count). The van der Waals surface area contributed by atoms with E-state index in [0.717, 1.165) is 42.3 Å². The van der Waals surface area contributed by atoms with Crippen molar-refractivity contribution in [2.45, 2.75) is 12.6 Å². The van der Waals surface area contributed by atoms with Crippen LogP contribution in [0.3, 0.4) is 0 Å². The van der Waals surface area contributed by atoms with Gasteiger partial charge in [0.2, 0.25) is 0 Å². The minimum atomic E-state index is -0.0956. The summed E-state index contributed by atoms with van der Waals surface area (Å²) >= 11 is 0. The van der Waals surface area contributed by atoms with Crippen molar-refractivity contribution in [1.82, 2.24) is 19.4 Å². The SMILES string of the molecule is COc1cccc(-c2cncc(C3CN(Cc4cn(C)c5ccccc45)CCO3)n2)c1. The summed E-state index contributed by atoms with van der Waals surface area (Å²) in [6, 6.07) is 16.4. The predicted octanol–water partition coefficient (Wildman–Crippen LogP) is 4.22. The second kappa shape index (κ2) is 8.49. The fraction of sp³-hybridized carbons (Fsp3) is 0.280. The maximum atomic E-state index is 6.09. The smallest absolute Gasteiger partial charge is 0.119 e. The molecule has 0 saturated carbocycles. The lowest BCUT2D eigenvalue weighted by Gasteiger charge is -2.32. The number of rotatable bonds is 5. The highest BCUT2D eigenvalue weighted by Gasteiger charge is 2.24. The number of aryl methyl sites for hydroxylation is 1. The van der Waals surface area contributed by atoms with Crippen LogP contribution in [0.1, 0.15) is 17.4 Å². The Hall–Kier alpha value is -3.22. The van der Waals surface area contributed by atoms with Crippen LogP contribution < -0.4 is 4.74 Å². The van der Waals surface area contributed by atoms with Crippen LogP contribution in [-0.2, 0) is 18.3 Å². The summed E-state index contributed by atoms with van der Waals surface area (Å²) in [5.74, 6) is 0.805. The van der Waals surface area contributed by atoms with E-state index < -0.39 is 0 Å². The van der Waals surface area contributed by atoms with Crippen LogP contribution in [-0.4, -0.2) is 46.2 Å². The molecule has 4 aromatic rings. The van der Waals surface area contributed by atoms with Crippen molar-refractivity contribution in [3.8, 4) is 17.0 Å². The summed E-state index contributed by atoms with van der Waals surface area (Å²) in [7, 11) is 3.77. The number of nitrogens with zero attached hydrogens (tertiary/aromatic N) is 4. The molecule has 31 heavy (non-hydrogen) atoms. The third-order valence-corrected chi connectivity index (χ3v) is 5.87. The highest BCUT2D eigenvalue weighted by Crippen LogP contribution is 2.27. The van der Waals surface area contributed by atoms with E-state index in [1.165, 1.54) is 16.5 Å². The van der Waals surface area contributed by atoms with Crippen molar-refractivity contribution < 1.29 is 9.47 Å². The lowest BCUT2D eigenvalue weighted by Crippen LogP contribution is -2.38. The van der Waals surface area contributed by atoms with Crippen LogP contribution >= 0.6 is 0 Å². The van der Waals surface area contributed by atoms with Gasteiger partial charge in [0.1, 0.15) is 11.9 Å². The Morgan fingerprint density at radius 3 is 2.94 bits per heavy atom. The third kappa shape index (κ3) is 4.04. The summed E-state index contributed by atoms with van der Waals surface area (Å²) in [5.41, 5.74) is 5.28. The number of hydrogen-bond donors (Lipinski definition) is 0. The van der Waals surface area contributed by atoms with Gasteiger partial charge in [0.05, 0.1) is 37.5 Å². The Bertz CT molecular complexity index is 1200. The Morgan fingerprint density at radius 1 is 1.13 bits per heavy atom. The maximum Gasteiger partial charge on any atom is 0.119 e. The zero-order chi connectivity index (χ0) is 21.2. The summed E-state index contributed by atoms with van der Waals surface area (Å²) in [6.07, 6.45) is 5.74. The molecule has 158 valence electrons. The molecule has 1 saturated heterocycles. The van der Waals surface area contributed by atoms with Gasteiger partial charge in [-0.15, -0.1) is 0 Å². The summed E-state index contributed by atoms with van der Waals surface area (Å²) in [4.78, 5) is 11.7. The Morgan fingerprint density at radius 2 is 2.03 bits per heavy atom. The Labute approximate surface area is 182 Å². The van der Waals surface area contributed by atoms with Crippen molar-refractivity contribution in [3.63, 3.8) is 0 Å². The van der Waals surface area contributed by atoms with Crippen molar-refractivity contribution in [3.05, 3.63) is 78.4 Å². The predicted molar refractivity (Wildman–Crippen MR) is 121 cm³/mol. The zero-order valence-corrected chi connectivity index (χ0v) is 17.9. The number of fused-ring (bicyclic) bond motifs is 1. The number of para-hydroxylation sites is 1. The van der Waals surface area contributed by atoms with Crippen LogP contribution in [0.4, 0.5) is 0 Å². The van der Waals surface area contributed by atoms with E-state index in [-0.39, 0.29) is 6.10 Å². The fourth-order valence-corrected chi connectivity index (χ4v) is 4.28. The van der Waals surface area contributed by atoms with E-state index in [9.17, 15) is 0 Å². The van der Waals surface area contributed by atoms with Gasteiger partial charge in [-0.25, -0.2) is 4.98 Å². The molecule has 0 amide bonds. The molecule has 1 unspecified atom stereocenters. The van der Waals surface area contributed by atoms with Crippen molar-refractivity contribution in [2.75, 3.05) is 26.8 Å². The van der Waals surface area contributed by atoms with Crippen molar-refractivity contribution in [2.24, 2.45) is 7.05 Å². The minimum Gasteiger partial charge on any atom is -0.497 e. The van der Waals surface area contributed by atoms with Gasteiger partial charge in [-0.1, -0.05) is 30.3 Å². The first-order valence-corrected chi connectivity index (χ1v) is 10.5. The van der Waals surface area contributed by atoms with E-state index in [4.69, 9.17) is 14.5 Å². The molecule has 2 aromatic heterocycles. The number of aromatic nitrogens is 3. The van der Waals surface area contributed by atoms with E-state index in [1.807, 2.05) is 30.5 Å². The van der Waals surface area contributed by atoms with Gasteiger partial charge in [0, 0.05) is 49.3 Å². The van der Waals surface area contributed by atoms with Crippen LogP contribution in [0, 0.1) is 0 Å². The second-order valence-corrected chi connectivity index (χ2v) is 7.94. The van der Waals surface area contributed by atoms with Gasteiger partial charge in [-0.2, -0.15) is 0 Å². The molecule has 0 bridgehead atoms. The van der Waals surface area contributed by atoms with Crippen LogP contribution in [0.5, 0.6) is 5.75 Å². The van der Waals surface area contributed by atoms with Crippen LogP contribution in [0.15, 0.2) is 67.1 Å². The molecule has 1 fully saturated rings. The molecule has 0 radical (unpaired) electrons. The normalized spacial score (nSPS) is 17.2. The monoisotopic (exact) mass is 414 g/mol. The number of benzene rings is 2. The lowest BCUT2D eigenvalue weighted by atomic mass is 10.1. The highest BCUT2D eigenvalue weighted by atomic mass is 16.5. The average molecular weight is 415 g/mol. The molecule has 0 aliphatic carbocycles. The van der Waals surface area contributed by atoms with Crippen LogP contribution in [0.2, 0.25) is 0 Å². The first kappa shape index (κ1) is 19.7. The summed E-state index contributed by atoms with van der Waals surface area (Å²) in [6.45, 7) is 3.27. The van der Waals surface area contributed by atoms with Gasteiger partial charge in [-0.3, -0.25) is 9.88 Å². The molecule has 2 aromatic carbocycles. The van der Waals surface area contributed by atoms with E-state index in [0.29, 0.717) is 6.61 Å². The average Bonchev–Trinajstić information content (AvgIpc) is 3.15. The van der Waals surface area contributed by atoms with E-state index in [1.54, 1.807) is 13.3 Å². The number of methoxy groups -OCH3 is 1. The van der Waals surface area contributed by atoms with E-state index in [2.05, 4.69) is 52.0 Å². The molecule has 6 nitrogen and oxygen atoms in total. The van der Waals surface area contributed by atoms with E-state index >= 15 is 0 Å². The standard InChI is InChI=1S/C25H26N4O2/c1-28-15-19(21-8-3-4-9-24(21)28)16-29-10-11-31-25(17-29)23-14-26-13-22(27-23)18-6-5-7-20(12-18)30-2/h3-9,12-15,25H,10-11,16-17H2,1-2H3. The Kier molecular flexibility index (Phi) is 5.40. The number of ether oxygens (including phenoxy) is 2. The first-order valence-electron chi connectivity index (χ1n) is 10.5. The molecular formula is C25H26N4O2. The topological polar surface area (TPSA) is 52.4 Å². The van der Waals surface area contributed by atoms with Crippen molar-refractivity contribution in [1.29, 1.82) is 0 Å². The molecule has 3 heterocycles. The number of hydrogen-bond acceptors (Lipinski definition) is 5. The largest absolute Gasteiger partial charge is 0.497 e.